The molecule has 0 aromatic rings. The third-order valence-corrected chi connectivity index (χ3v) is 1.94. The van der Waals surface area contributed by atoms with Crippen LogP contribution in [0.2, 0.25) is 4.44 Å². The minimum atomic E-state index is -0.833. The average molecular weight is 343 g/mol. The zero-order valence-corrected chi connectivity index (χ0v) is 13.4. The summed E-state index contributed by atoms with van der Waals surface area (Å²) < 4.78 is 1.45. The first kappa shape index (κ1) is 24.4. The van der Waals surface area contributed by atoms with E-state index in [1.54, 1.807) is 0 Å². The van der Waals surface area contributed by atoms with Gasteiger partial charge in [-0.1, -0.05) is 0 Å². The normalized spacial score (nSPS) is 6.56. The SMILES string of the molecule is CC(=O)O.CC(=O)O.CC(=O)O.CC[CH2][SnH]. The van der Waals surface area contributed by atoms with Crippen LogP contribution in [0.15, 0.2) is 0 Å². The van der Waals surface area contributed by atoms with Crippen molar-refractivity contribution < 1.29 is 29.7 Å². The Labute approximate surface area is 109 Å². The summed E-state index contributed by atoms with van der Waals surface area (Å²) in [6.07, 6.45) is 1.38. The Bertz CT molecular complexity index is 138. The summed E-state index contributed by atoms with van der Waals surface area (Å²) in [5.74, 6) is -2.50. The number of rotatable bonds is 1. The molecule has 0 aromatic carbocycles. The molecule has 0 aliphatic heterocycles. The molecular formula is C9H20O6Sn. The van der Waals surface area contributed by atoms with Gasteiger partial charge in [0, 0.05) is 20.8 Å². The van der Waals surface area contributed by atoms with Crippen LogP contribution in [0.1, 0.15) is 34.1 Å². The number of carboxylic acids is 3. The number of hydrogen-bond donors (Lipinski definition) is 3. The Hall–Kier alpha value is -0.791. The molecule has 0 saturated carbocycles. The first-order valence-corrected chi connectivity index (χ1v) is 6.73. The fourth-order valence-electron chi connectivity index (χ4n) is 0. The summed E-state index contributed by atoms with van der Waals surface area (Å²) in [7, 11) is 0. The zero-order valence-electron chi connectivity index (χ0n) is 10.1. The standard InChI is InChI=1S/C3H7.3C2H4O2.Sn.H/c1-3-2;3*1-2(3)4;;/h1,3H2,2H3;3*1H3,(H,3,4);;. The molecule has 0 bridgehead atoms. The first-order valence-electron chi connectivity index (χ1n) is 4.40. The predicted molar refractivity (Wildman–Crippen MR) is 62.2 cm³/mol. The fourth-order valence-corrected chi connectivity index (χ4v) is 0. The maximum atomic E-state index is 9.00. The van der Waals surface area contributed by atoms with Gasteiger partial charge in [-0.3, -0.25) is 14.4 Å². The van der Waals surface area contributed by atoms with Gasteiger partial charge < -0.3 is 15.3 Å². The molecule has 0 spiro atoms. The van der Waals surface area contributed by atoms with Crippen LogP contribution in [0, 0.1) is 0 Å². The molecule has 96 valence electrons. The monoisotopic (exact) mass is 344 g/mol. The minimum absolute atomic E-state index is 0.833. The van der Waals surface area contributed by atoms with Crippen molar-refractivity contribution in [2.24, 2.45) is 0 Å². The van der Waals surface area contributed by atoms with E-state index in [4.69, 9.17) is 29.7 Å². The Morgan fingerprint density at radius 2 is 0.938 bits per heavy atom. The van der Waals surface area contributed by atoms with E-state index in [0.29, 0.717) is 0 Å². The van der Waals surface area contributed by atoms with Crippen LogP contribution in [0.25, 0.3) is 0 Å². The summed E-state index contributed by atoms with van der Waals surface area (Å²) in [5, 5.41) is 22.2. The van der Waals surface area contributed by atoms with Crippen molar-refractivity contribution >= 4 is 40.4 Å². The molecule has 16 heavy (non-hydrogen) atoms. The zero-order chi connectivity index (χ0) is 14.1. The molecule has 7 heteroatoms. The summed E-state index contributed by atoms with van der Waals surface area (Å²) in [6, 6.07) is 0. The molecular weight excluding hydrogens is 323 g/mol. The van der Waals surface area contributed by atoms with Gasteiger partial charge in [0.1, 0.15) is 0 Å². The van der Waals surface area contributed by atoms with Crippen LogP contribution in [0.4, 0.5) is 0 Å². The number of aliphatic carboxylic acids is 3. The third kappa shape index (κ3) is 45200. The topological polar surface area (TPSA) is 112 Å². The predicted octanol–water partition coefficient (Wildman–Crippen LogP) is 0.988. The molecule has 0 aliphatic carbocycles. The Morgan fingerprint density at radius 1 is 0.875 bits per heavy atom. The summed E-state index contributed by atoms with van der Waals surface area (Å²) in [5.41, 5.74) is 0. The molecule has 0 saturated heterocycles. The quantitative estimate of drug-likeness (QED) is 0.612. The first-order chi connectivity index (χ1) is 7.11. The summed E-state index contributed by atoms with van der Waals surface area (Å²) >= 11 is 1.44. The van der Waals surface area contributed by atoms with Gasteiger partial charge >= 0.3 is 40.3 Å². The van der Waals surface area contributed by atoms with Crippen LogP contribution < -0.4 is 0 Å². The van der Waals surface area contributed by atoms with Gasteiger partial charge in [-0.05, 0) is 0 Å². The molecule has 0 amide bonds. The van der Waals surface area contributed by atoms with Crippen LogP contribution in [-0.4, -0.2) is 55.8 Å². The van der Waals surface area contributed by atoms with Gasteiger partial charge in [0.25, 0.3) is 17.9 Å². The van der Waals surface area contributed by atoms with E-state index < -0.39 is 17.9 Å². The van der Waals surface area contributed by atoms with E-state index in [0.717, 1.165) is 20.8 Å². The number of carbonyl (C=O) groups is 3. The van der Waals surface area contributed by atoms with Gasteiger partial charge in [0.05, 0.1) is 0 Å². The van der Waals surface area contributed by atoms with Gasteiger partial charge in [-0.25, -0.2) is 0 Å². The van der Waals surface area contributed by atoms with Crippen molar-refractivity contribution in [2.75, 3.05) is 0 Å². The molecule has 6 nitrogen and oxygen atoms in total. The van der Waals surface area contributed by atoms with Gasteiger partial charge in [0.2, 0.25) is 0 Å². The van der Waals surface area contributed by atoms with E-state index in [1.165, 1.54) is 33.4 Å². The number of hydrogen-bond acceptors (Lipinski definition) is 3. The van der Waals surface area contributed by atoms with Crippen molar-refractivity contribution in [3.8, 4) is 0 Å². The third-order valence-electron chi connectivity index (χ3n) is 0.289. The van der Waals surface area contributed by atoms with E-state index in [-0.39, 0.29) is 0 Å². The second kappa shape index (κ2) is 23.8. The molecule has 0 unspecified atom stereocenters. The molecule has 0 fully saturated rings. The van der Waals surface area contributed by atoms with E-state index in [9.17, 15) is 0 Å². The van der Waals surface area contributed by atoms with Crippen LogP contribution >= 0.6 is 0 Å². The second-order valence-electron chi connectivity index (χ2n) is 2.35. The second-order valence-corrected chi connectivity index (χ2v) is 3.99. The molecule has 3 N–H and O–H groups in total. The summed E-state index contributed by atoms with van der Waals surface area (Å²) in [4.78, 5) is 27.0. The molecule has 0 aromatic heterocycles. The molecule has 0 rings (SSSR count). The van der Waals surface area contributed by atoms with E-state index in [1.807, 2.05) is 0 Å². The van der Waals surface area contributed by atoms with Crippen LogP contribution in [0.3, 0.4) is 0 Å². The van der Waals surface area contributed by atoms with Crippen LogP contribution in [-0.2, 0) is 14.4 Å². The Balaban J connectivity index is -0.0000000600. The van der Waals surface area contributed by atoms with E-state index >= 15 is 0 Å². The fraction of sp³-hybridized carbons (Fsp3) is 0.667. The van der Waals surface area contributed by atoms with Crippen molar-refractivity contribution in [1.82, 2.24) is 0 Å². The maximum absolute atomic E-state index is 9.00. The van der Waals surface area contributed by atoms with Crippen LogP contribution in [0.5, 0.6) is 0 Å². The Kier molecular flexibility index (Phi) is 36.3. The average Bonchev–Trinajstić information content (AvgIpc) is 2.00. The number of carboxylic acid groups (broad SMARTS) is 3. The van der Waals surface area contributed by atoms with Gasteiger partial charge in [-0.2, -0.15) is 0 Å². The van der Waals surface area contributed by atoms with Crippen molar-refractivity contribution in [1.29, 1.82) is 0 Å². The molecule has 0 heterocycles. The van der Waals surface area contributed by atoms with Gasteiger partial charge in [-0.15, -0.1) is 0 Å². The molecule has 0 atom stereocenters. The Morgan fingerprint density at radius 3 is 0.938 bits per heavy atom. The molecule has 0 aliphatic rings. The molecule has 2 radical (unpaired) electrons. The van der Waals surface area contributed by atoms with Crippen molar-refractivity contribution in [2.45, 2.75) is 38.6 Å². The van der Waals surface area contributed by atoms with Crippen molar-refractivity contribution in [3.63, 3.8) is 0 Å². The van der Waals surface area contributed by atoms with E-state index in [2.05, 4.69) is 6.92 Å². The van der Waals surface area contributed by atoms with Gasteiger partial charge in [0.15, 0.2) is 0 Å². The van der Waals surface area contributed by atoms with Crippen molar-refractivity contribution in [3.05, 3.63) is 0 Å². The summed E-state index contributed by atoms with van der Waals surface area (Å²) in [6.45, 7) is 5.46.